The molecule has 0 spiro atoms. The van der Waals surface area contributed by atoms with Crippen LogP contribution in [0, 0.1) is 6.92 Å². The molecular formula is C15H16N2O2S. The van der Waals surface area contributed by atoms with Gasteiger partial charge in [0.1, 0.15) is 6.10 Å². The number of hydrogen-bond donors (Lipinski definition) is 0. The number of thiophene rings is 1. The Kier molecular flexibility index (Phi) is 3.80. The summed E-state index contributed by atoms with van der Waals surface area (Å²) in [5, 5.41) is 1.96. The van der Waals surface area contributed by atoms with Crippen molar-refractivity contribution in [3.8, 4) is 0 Å². The lowest BCUT2D eigenvalue weighted by Crippen LogP contribution is -2.42. The Morgan fingerprint density at radius 2 is 2.20 bits per heavy atom. The lowest BCUT2D eigenvalue weighted by atomic mass is 10.1. The molecular weight excluding hydrogens is 272 g/mol. The van der Waals surface area contributed by atoms with Crippen molar-refractivity contribution in [2.45, 2.75) is 13.0 Å². The number of hydrogen-bond acceptors (Lipinski definition) is 4. The quantitative estimate of drug-likeness (QED) is 0.853. The lowest BCUT2D eigenvalue weighted by molar-refractivity contribution is -0.0227. The molecule has 1 fully saturated rings. The summed E-state index contributed by atoms with van der Waals surface area (Å²) in [5.74, 6) is 0.111. The Morgan fingerprint density at radius 3 is 2.90 bits per heavy atom. The van der Waals surface area contributed by atoms with Crippen LogP contribution < -0.4 is 0 Å². The van der Waals surface area contributed by atoms with E-state index in [1.165, 1.54) is 11.3 Å². The predicted octanol–water partition coefficient (Wildman–Crippen LogP) is 2.67. The molecule has 1 aliphatic rings. The van der Waals surface area contributed by atoms with Gasteiger partial charge in [0, 0.05) is 18.9 Å². The normalized spacial score (nSPS) is 19.1. The number of rotatable bonds is 2. The molecule has 1 amide bonds. The van der Waals surface area contributed by atoms with Crippen LogP contribution in [0.5, 0.6) is 0 Å². The fourth-order valence-electron chi connectivity index (χ4n) is 2.35. The molecule has 20 heavy (non-hydrogen) atoms. The first-order valence-electron chi connectivity index (χ1n) is 6.60. The van der Waals surface area contributed by atoms with Gasteiger partial charge in [-0.2, -0.15) is 0 Å². The second kappa shape index (κ2) is 5.73. The van der Waals surface area contributed by atoms with Crippen molar-refractivity contribution in [2.24, 2.45) is 0 Å². The van der Waals surface area contributed by atoms with Crippen molar-refractivity contribution in [1.29, 1.82) is 0 Å². The smallest absolute Gasteiger partial charge is 0.264 e. The van der Waals surface area contributed by atoms with Crippen molar-refractivity contribution in [3.05, 3.63) is 52.0 Å². The molecule has 4 nitrogen and oxygen atoms in total. The number of carbonyl (C=O) groups excluding carboxylic acids is 1. The molecule has 104 valence electrons. The Hall–Kier alpha value is -1.72. The van der Waals surface area contributed by atoms with E-state index in [1.54, 1.807) is 12.4 Å². The summed E-state index contributed by atoms with van der Waals surface area (Å²) in [4.78, 5) is 19.3. The number of aromatic nitrogens is 1. The minimum atomic E-state index is -0.0593. The average Bonchev–Trinajstić information content (AvgIpc) is 2.94. The van der Waals surface area contributed by atoms with Gasteiger partial charge in [-0.25, -0.2) is 0 Å². The van der Waals surface area contributed by atoms with Gasteiger partial charge in [-0.1, -0.05) is 0 Å². The molecule has 1 atom stereocenters. The third kappa shape index (κ3) is 2.59. The number of nitrogens with zero attached hydrogens (tertiary/aromatic N) is 2. The number of morpholine rings is 1. The fraction of sp³-hybridized carbons (Fsp3) is 0.333. The molecule has 0 radical (unpaired) electrons. The SMILES string of the molecule is Cc1ccsc1C(=O)N1CCOC(c2ccncc2)C1. The van der Waals surface area contributed by atoms with Crippen LogP contribution in [-0.4, -0.2) is 35.5 Å². The van der Waals surface area contributed by atoms with Crippen LogP contribution in [0.3, 0.4) is 0 Å². The van der Waals surface area contributed by atoms with Crippen molar-refractivity contribution in [1.82, 2.24) is 9.88 Å². The van der Waals surface area contributed by atoms with Gasteiger partial charge >= 0.3 is 0 Å². The molecule has 1 saturated heterocycles. The van der Waals surface area contributed by atoms with E-state index < -0.39 is 0 Å². The minimum absolute atomic E-state index is 0.0593. The van der Waals surface area contributed by atoms with Crippen LogP contribution >= 0.6 is 11.3 Å². The summed E-state index contributed by atoms with van der Waals surface area (Å²) in [6, 6.07) is 5.86. The molecule has 5 heteroatoms. The van der Waals surface area contributed by atoms with Gasteiger partial charge in [0.2, 0.25) is 0 Å². The highest BCUT2D eigenvalue weighted by molar-refractivity contribution is 7.12. The van der Waals surface area contributed by atoms with Crippen LogP contribution in [0.15, 0.2) is 36.0 Å². The largest absolute Gasteiger partial charge is 0.370 e. The summed E-state index contributed by atoms with van der Waals surface area (Å²) in [5.41, 5.74) is 2.12. The highest BCUT2D eigenvalue weighted by atomic mass is 32.1. The molecule has 1 unspecified atom stereocenters. The van der Waals surface area contributed by atoms with Gasteiger partial charge in [-0.3, -0.25) is 9.78 Å². The first kappa shape index (κ1) is 13.3. The Balaban J connectivity index is 1.76. The van der Waals surface area contributed by atoms with E-state index in [1.807, 2.05) is 35.4 Å². The number of aryl methyl sites for hydroxylation is 1. The highest BCUT2D eigenvalue weighted by Crippen LogP contribution is 2.25. The molecule has 0 N–H and O–H groups in total. The van der Waals surface area contributed by atoms with E-state index in [2.05, 4.69) is 4.98 Å². The fourth-order valence-corrected chi connectivity index (χ4v) is 3.24. The summed E-state index contributed by atoms with van der Waals surface area (Å²) in [6.45, 7) is 3.80. The lowest BCUT2D eigenvalue weighted by Gasteiger charge is -2.33. The zero-order chi connectivity index (χ0) is 13.9. The Bertz CT molecular complexity index is 597. The Labute approximate surface area is 122 Å². The summed E-state index contributed by atoms with van der Waals surface area (Å²) < 4.78 is 5.77. The monoisotopic (exact) mass is 288 g/mol. The van der Waals surface area contributed by atoms with Crippen LogP contribution in [0.4, 0.5) is 0 Å². The van der Waals surface area contributed by atoms with Gasteiger partial charge in [0.15, 0.2) is 0 Å². The molecule has 0 aliphatic carbocycles. The Morgan fingerprint density at radius 1 is 1.40 bits per heavy atom. The standard InChI is InChI=1S/C15H16N2O2S/c1-11-4-9-20-14(11)15(18)17-7-8-19-13(10-17)12-2-5-16-6-3-12/h2-6,9,13H,7-8,10H2,1H3. The topological polar surface area (TPSA) is 42.4 Å². The van der Waals surface area contributed by atoms with E-state index in [4.69, 9.17) is 4.74 Å². The van der Waals surface area contributed by atoms with Gasteiger partial charge in [0.25, 0.3) is 5.91 Å². The number of carbonyl (C=O) groups is 1. The van der Waals surface area contributed by atoms with Gasteiger partial charge < -0.3 is 9.64 Å². The van der Waals surface area contributed by atoms with E-state index >= 15 is 0 Å². The highest BCUT2D eigenvalue weighted by Gasteiger charge is 2.27. The van der Waals surface area contributed by atoms with Crippen molar-refractivity contribution >= 4 is 17.2 Å². The van der Waals surface area contributed by atoms with E-state index in [9.17, 15) is 4.79 Å². The molecule has 2 aromatic rings. The third-order valence-electron chi connectivity index (χ3n) is 3.49. The van der Waals surface area contributed by atoms with Crippen LogP contribution in [0.1, 0.15) is 26.9 Å². The maximum absolute atomic E-state index is 12.5. The van der Waals surface area contributed by atoms with Crippen molar-refractivity contribution in [3.63, 3.8) is 0 Å². The van der Waals surface area contributed by atoms with Crippen molar-refractivity contribution < 1.29 is 9.53 Å². The van der Waals surface area contributed by atoms with Gasteiger partial charge in [0.05, 0.1) is 18.0 Å². The summed E-state index contributed by atoms with van der Waals surface area (Å²) in [6.07, 6.45) is 3.45. The maximum Gasteiger partial charge on any atom is 0.264 e. The van der Waals surface area contributed by atoms with E-state index in [0.717, 1.165) is 16.0 Å². The first-order chi connectivity index (χ1) is 9.75. The van der Waals surface area contributed by atoms with Gasteiger partial charge in [-0.15, -0.1) is 11.3 Å². The predicted molar refractivity (Wildman–Crippen MR) is 77.9 cm³/mol. The maximum atomic E-state index is 12.5. The van der Waals surface area contributed by atoms with Crippen LogP contribution in [0.2, 0.25) is 0 Å². The van der Waals surface area contributed by atoms with Crippen LogP contribution in [-0.2, 0) is 4.74 Å². The second-order valence-corrected chi connectivity index (χ2v) is 5.74. The second-order valence-electron chi connectivity index (χ2n) is 4.82. The van der Waals surface area contributed by atoms with Crippen LogP contribution in [0.25, 0.3) is 0 Å². The number of pyridine rings is 1. The van der Waals surface area contributed by atoms with E-state index in [0.29, 0.717) is 19.7 Å². The minimum Gasteiger partial charge on any atom is -0.370 e. The molecule has 0 aromatic carbocycles. The number of amides is 1. The molecule has 2 aromatic heterocycles. The zero-order valence-corrected chi connectivity index (χ0v) is 12.1. The molecule has 3 rings (SSSR count). The zero-order valence-electron chi connectivity index (χ0n) is 11.3. The average molecular weight is 288 g/mol. The molecule has 1 aliphatic heterocycles. The van der Waals surface area contributed by atoms with Crippen molar-refractivity contribution in [2.75, 3.05) is 19.7 Å². The van der Waals surface area contributed by atoms with E-state index in [-0.39, 0.29) is 12.0 Å². The third-order valence-corrected chi connectivity index (χ3v) is 4.49. The summed E-state index contributed by atoms with van der Waals surface area (Å²) in [7, 11) is 0. The van der Waals surface area contributed by atoms with Gasteiger partial charge in [-0.05, 0) is 41.6 Å². The first-order valence-corrected chi connectivity index (χ1v) is 7.48. The molecule has 0 saturated carbocycles. The molecule has 0 bridgehead atoms. The molecule has 3 heterocycles. The number of ether oxygens (including phenoxy) is 1. The summed E-state index contributed by atoms with van der Waals surface area (Å²) >= 11 is 1.51.